The molecule has 1 aliphatic heterocycles. The van der Waals surface area contributed by atoms with Crippen LogP contribution in [0.4, 0.5) is 5.69 Å². The Morgan fingerprint density at radius 2 is 1.84 bits per heavy atom. The number of methoxy groups -OCH3 is 1. The summed E-state index contributed by atoms with van der Waals surface area (Å²) in [5.74, 6) is -0.274. The van der Waals surface area contributed by atoms with Gasteiger partial charge >= 0.3 is 5.97 Å². The SMILES string of the molecule is CCCCOC(=O)c1ccc(N2C(=O)c3oc4ccc(Br)cc4c(=O)c3C2c2cccc(OC)c2)cc1. The highest BCUT2D eigenvalue weighted by Gasteiger charge is 2.43. The number of nitrogens with zero attached hydrogens (tertiary/aromatic N) is 1. The second-order valence-corrected chi connectivity index (χ2v) is 9.62. The second kappa shape index (κ2) is 10.2. The summed E-state index contributed by atoms with van der Waals surface area (Å²) < 4.78 is 17.4. The maximum Gasteiger partial charge on any atom is 0.338 e. The number of carbonyl (C=O) groups is 2. The zero-order chi connectivity index (χ0) is 26.1. The summed E-state index contributed by atoms with van der Waals surface area (Å²) in [5, 5.41) is 0.376. The molecule has 1 amide bonds. The van der Waals surface area contributed by atoms with Crippen molar-refractivity contribution < 1.29 is 23.5 Å². The van der Waals surface area contributed by atoms with Gasteiger partial charge in [0.25, 0.3) is 5.91 Å². The number of carbonyl (C=O) groups excluding carboxylic acids is 2. The molecule has 0 aliphatic carbocycles. The van der Waals surface area contributed by atoms with Crippen LogP contribution in [0.2, 0.25) is 0 Å². The Morgan fingerprint density at radius 1 is 1.05 bits per heavy atom. The van der Waals surface area contributed by atoms with Crippen molar-refractivity contribution in [1.82, 2.24) is 0 Å². The van der Waals surface area contributed by atoms with E-state index < -0.39 is 17.9 Å². The van der Waals surface area contributed by atoms with Gasteiger partial charge < -0.3 is 13.9 Å². The van der Waals surface area contributed by atoms with Crippen molar-refractivity contribution in [2.45, 2.75) is 25.8 Å². The molecule has 0 bridgehead atoms. The third-order valence-corrected chi connectivity index (χ3v) is 6.85. The van der Waals surface area contributed by atoms with Crippen LogP contribution in [0.25, 0.3) is 11.0 Å². The highest BCUT2D eigenvalue weighted by atomic mass is 79.9. The fourth-order valence-corrected chi connectivity index (χ4v) is 4.85. The maximum absolute atomic E-state index is 13.8. The Labute approximate surface area is 221 Å². The van der Waals surface area contributed by atoms with Crippen molar-refractivity contribution in [2.24, 2.45) is 0 Å². The molecule has 1 unspecified atom stereocenters. The smallest absolute Gasteiger partial charge is 0.338 e. The third kappa shape index (κ3) is 4.53. The Morgan fingerprint density at radius 3 is 2.57 bits per heavy atom. The molecule has 1 aromatic heterocycles. The third-order valence-electron chi connectivity index (χ3n) is 6.35. The molecule has 0 saturated heterocycles. The average Bonchev–Trinajstić information content (AvgIpc) is 3.21. The van der Waals surface area contributed by atoms with Crippen molar-refractivity contribution in [3.8, 4) is 5.75 Å². The molecule has 188 valence electrons. The van der Waals surface area contributed by atoms with Crippen LogP contribution >= 0.6 is 15.9 Å². The molecule has 0 radical (unpaired) electrons. The molecule has 0 spiro atoms. The van der Waals surface area contributed by atoms with Gasteiger partial charge in [-0.1, -0.05) is 41.4 Å². The number of halogens is 1. The van der Waals surface area contributed by atoms with Crippen LogP contribution in [0, 0.1) is 0 Å². The van der Waals surface area contributed by atoms with Crippen molar-refractivity contribution in [3.05, 3.63) is 104 Å². The minimum Gasteiger partial charge on any atom is -0.497 e. The van der Waals surface area contributed by atoms with E-state index in [1.807, 2.05) is 19.1 Å². The van der Waals surface area contributed by atoms with Gasteiger partial charge in [-0.2, -0.15) is 0 Å². The molecule has 7 nitrogen and oxygen atoms in total. The summed E-state index contributed by atoms with van der Waals surface area (Å²) in [6.07, 6.45) is 1.72. The number of anilines is 1. The van der Waals surface area contributed by atoms with Gasteiger partial charge in [-0.15, -0.1) is 0 Å². The van der Waals surface area contributed by atoms with Gasteiger partial charge in [-0.05, 0) is 66.6 Å². The van der Waals surface area contributed by atoms with Gasteiger partial charge in [0.15, 0.2) is 5.43 Å². The molecule has 0 saturated carbocycles. The summed E-state index contributed by atoms with van der Waals surface area (Å²) >= 11 is 3.41. The Bertz CT molecular complexity index is 1560. The van der Waals surface area contributed by atoms with Crippen LogP contribution in [-0.4, -0.2) is 25.6 Å². The topological polar surface area (TPSA) is 86.0 Å². The van der Waals surface area contributed by atoms with Crippen LogP contribution in [0.15, 0.2) is 80.4 Å². The predicted octanol–water partition coefficient (Wildman–Crippen LogP) is 6.27. The molecule has 1 aliphatic rings. The zero-order valence-corrected chi connectivity index (χ0v) is 21.9. The number of hydrogen-bond donors (Lipinski definition) is 0. The Balaban J connectivity index is 1.63. The number of amides is 1. The van der Waals surface area contributed by atoms with Crippen LogP contribution in [0.3, 0.4) is 0 Å². The van der Waals surface area contributed by atoms with Gasteiger partial charge in [-0.25, -0.2) is 4.79 Å². The van der Waals surface area contributed by atoms with E-state index in [1.165, 1.54) is 4.90 Å². The molecule has 0 fully saturated rings. The molecule has 3 aromatic carbocycles. The molecular weight excluding hydrogens is 538 g/mol. The quantitative estimate of drug-likeness (QED) is 0.195. The lowest BCUT2D eigenvalue weighted by molar-refractivity contribution is 0.0499. The number of fused-ring (bicyclic) bond motifs is 2. The molecule has 2 heterocycles. The predicted molar refractivity (Wildman–Crippen MR) is 143 cm³/mol. The summed E-state index contributed by atoms with van der Waals surface area (Å²) in [7, 11) is 1.56. The van der Waals surface area contributed by atoms with Gasteiger partial charge in [0.1, 0.15) is 11.3 Å². The molecule has 37 heavy (non-hydrogen) atoms. The highest BCUT2D eigenvalue weighted by molar-refractivity contribution is 9.10. The normalized spacial score (nSPS) is 14.6. The van der Waals surface area contributed by atoms with Gasteiger partial charge in [0, 0.05) is 10.2 Å². The summed E-state index contributed by atoms with van der Waals surface area (Å²) in [5.41, 5.74) is 1.89. The number of hydrogen-bond acceptors (Lipinski definition) is 6. The highest BCUT2D eigenvalue weighted by Crippen LogP contribution is 2.42. The van der Waals surface area contributed by atoms with Gasteiger partial charge in [0.2, 0.25) is 5.76 Å². The van der Waals surface area contributed by atoms with Crippen LogP contribution < -0.4 is 15.1 Å². The summed E-state index contributed by atoms with van der Waals surface area (Å²) in [6, 6.07) is 18.2. The van der Waals surface area contributed by atoms with E-state index in [0.29, 0.717) is 40.1 Å². The minimum atomic E-state index is -0.750. The molecule has 1 atom stereocenters. The molecule has 0 N–H and O–H groups in total. The van der Waals surface area contributed by atoms with Gasteiger partial charge in [-0.3, -0.25) is 14.5 Å². The van der Waals surface area contributed by atoms with E-state index in [1.54, 1.807) is 61.7 Å². The molecule has 8 heteroatoms. The van der Waals surface area contributed by atoms with Crippen molar-refractivity contribution >= 4 is 44.5 Å². The second-order valence-electron chi connectivity index (χ2n) is 8.71. The first-order valence-corrected chi connectivity index (χ1v) is 12.7. The van der Waals surface area contributed by atoms with Crippen LogP contribution in [0.1, 0.15) is 57.8 Å². The van der Waals surface area contributed by atoms with Gasteiger partial charge in [0.05, 0.1) is 36.3 Å². The van der Waals surface area contributed by atoms with E-state index in [9.17, 15) is 14.4 Å². The summed E-state index contributed by atoms with van der Waals surface area (Å²) in [6.45, 7) is 2.38. The van der Waals surface area contributed by atoms with E-state index in [-0.39, 0.29) is 16.8 Å². The fraction of sp³-hybridized carbons (Fsp3) is 0.207. The van der Waals surface area contributed by atoms with E-state index in [2.05, 4.69) is 15.9 Å². The van der Waals surface area contributed by atoms with Crippen LogP contribution in [0.5, 0.6) is 5.75 Å². The largest absolute Gasteiger partial charge is 0.497 e. The van der Waals surface area contributed by atoms with E-state index >= 15 is 0 Å². The summed E-state index contributed by atoms with van der Waals surface area (Å²) in [4.78, 5) is 41.4. The monoisotopic (exact) mass is 561 g/mol. The first kappa shape index (κ1) is 24.8. The fourth-order valence-electron chi connectivity index (χ4n) is 4.49. The Kier molecular flexibility index (Phi) is 6.84. The van der Waals surface area contributed by atoms with Crippen molar-refractivity contribution in [2.75, 3.05) is 18.6 Å². The van der Waals surface area contributed by atoms with E-state index in [0.717, 1.165) is 17.3 Å². The lowest BCUT2D eigenvalue weighted by atomic mass is 9.98. The van der Waals surface area contributed by atoms with Crippen molar-refractivity contribution in [1.29, 1.82) is 0 Å². The number of esters is 1. The molecule has 5 rings (SSSR count). The number of unbranched alkanes of at least 4 members (excludes halogenated alkanes) is 1. The standard InChI is InChI=1S/C29H24BrNO6/c1-3-4-14-36-29(34)17-8-11-20(12-9-17)31-25(18-6-5-7-21(15-18)35-2)24-26(32)22-16-19(30)10-13-23(22)37-27(24)28(31)33/h5-13,15-16,25H,3-4,14H2,1-2H3. The lowest BCUT2D eigenvalue weighted by Crippen LogP contribution is -2.29. The molecular formula is C29H24BrNO6. The Hall–Kier alpha value is -3.91. The first-order chi connectivity index (χ1) is 17.9. The number of benzene rings is 3. The number of rotatable bonds is 7. The van der Waals surface area contributed by atoms with Crippen LogP contribution in [-0.2, 0) is 4.74 Å². The number of ether oxygens (including phenoxy) is 2. The molecule has 4 aromatic rings. The van der Waals surface area contributed by atoms with E-state index in [4.69, 9.17) is 13.9 Å². The zero-order valence-electron chi connectivity index (χ0n) is 20.3. The first-order valence-electron chi connectivity index (χ1n) is 11.9. The van der Waals surface area contributed by atoms with Crippen molar-refractivity contribution in [3.63, 3.8) is 0 Å². The minimum absolute atomic E-state index is 0.00399. The lowest BCUT2D eigenvalue weighted by Gasteiger charge is -2.25. The maximum atomic E-state index is 13.8. The average molecular weight is 562 g/mol.